The van der Waals surface area contributed by atoms with Gasteiger partial charge in [0.15, 0.2) is 17.1 Å². The third-order valence-corrected chi connectivity index (χ3v) is 4.72. The molecule has 2 heterocycles. The summed E-state index contributed by atoms with van der Waals surface area (Å²) in [6.45, 7) is 1.72. The van der Waals surface area contributed by atoms with E-state index in [9.17, 15) is 9.18 Å². The highest BCUT2D eigenvalue weighted by Gasteiger charge is 2.19. The van der Waals surface area contributed by atoms with Gasteiger partial charge in [0.05, 0.1) is 32.7 Å². The van der Waals surface area contributed by atoms with E-state index in [-0.39, 0.29) is 11.4 Å². The van der Waals surface area contributed by atoms with Crippen molar-refractivity contribution in [1.82, 2.24) is 19.7 Å². The van der Waals surface area contributed by atoms with Crippen molar-refractivity contribution in [3.05, 3.63) is 58.3 Å². The fourth-order valence-corrected chi connectivity index (χ4v) is 3.30. The van der Waals surface area contributed by atoms with Crippen molar-refractivity contribution in [1.29, 1.82) is 0 Å². The van der Waals surface area contributed by atoms with E-state index < -0.39 is 0 Å². The number of halogens is 1. The van der Waals surface area contributed by atoms with Gasteiger partial charge in [-0.25, -0.2) is 14.1 Å². The van der Waals surface area contributed by atoms with Gasteiger partial charge in [-0.2, -0.15) is 5.10 Å². The fraction of sp³-hybridized carbons (Fsp3) is 0.190. The molecular formula is C21H19FN4O4. The van der Waals surface area contributed by atoms with Gasteiger partial charge in [0.2, 0.25) is 5.75 Å². The number of rotatable bonds is 5. The molecule has 0 saturated carbocycles. The molecule has 0 amide bonds. The van der Waals surface area contributed by atoms with Crippen molar-refractivity contribution in [3.63, 3.8) is 0 Å². The van der Waals surface area contributed by atoms with Gasteiger partial charge in [0.25, 0.3) is 5.56 Å². The van der Waals surface area contributed by atoms with Crippen LogP contribution >= 0.6 is 0 Å². The Labute approximate surface area is 170 Å². The first-order valence-electron chi connectivity index (χ1n) is 9.02. The molecule has 0 fully saturated rings. The number of aryl methyl sites for hydroxylation is 1. The lowest BCUT2D eigenvalue weighted by Gasteiger charge is -2.14. The molecule has 0 aliphatic heterocycles. The second kappa shape index (κ2) is 7.51. The molecule has 154 valence electrons. The summed E-state index contributed by atoms with van der Waals surface area (Å²) >= 11 is 0. The third-order valence-electron chi connectivity index (χ3n) is 4.72. The summed E-state index contributed by atoms with van der Waals surface area (Å²) in [6, 6.07) is 9.18. The van der Waals surface area contributed by atoms with Gasteiger partial charge >= 0.3 is 0 Å². The van der Waals surface area contributed by atoms with Crippen LogP contribution in [-0.4, -0.2) is 41.1 Å². The maximum atomic E-state index is 13.3. The quantitative estimate of drug-likeness (QED) is 0.543. The zero-order valence-corrected chi connectivity index (χ0v) is 16.8. The van der Waals surface area contributed by atoms with Gasteiger partial charge in [-0.05, 0) is 43.3 Å². The number of fused-ring (bicyclic) bond motifs is 1. The van der Waals surface area contributed by atoms with E-state index in [0.29, 0.717) is 51.1 Å². The molecule has 9 heteroatoms. The van der Waals surface area contributed by atoms with Crippen molar-refractivity contribution in [2.45, 2.75) is 6.92 Å². The van der Waals surface area contributed by atoms with Gasteiger partial charge in [0, 0.05) is 5.56 Å². The SMILES string of the molecule is COc1cc(-c2nc3c(c(C)nn3-c3ccc(F)cc3)c(=O)[nH]2)cc(OC)c1OC. The number of benzene rings is 2. The topological polar surface area (TPSA) is 91.3 Å². The van der Waals surface area contributed by atoms with Crippen molar-refractivity contribution in [2.24, 2.45) is 0 Å². The number of nitrogens with zero attached hydrogens (tertiary/aromatic N) is 3. The van der Waals surface area contributed by atoms with Crippen LogP contribution < -0.4 is 19.8 Å². The lowest BCUT2D eigenvalue weighted by Crippen LogP contribution is -2.11. The fourth-order valence-electron chi connectivity index (χ4n) is 3.30. The summed E-state index contributed by atoms with van der Waals surface area (Å²) in [5.41, 5.74) is 1.68. The van der Waals surface area contributed by atoms with E-state index >= 15 is 0 Å². The summed E-state index contributed by atoms with van der Waals surface area (Å²) in [6.07, 6.45) is 0. The Morgan fingerprint density at radius 1 is 1.00 bits per heavy atom. The molecule has 0 atom stereocenters. The molecule has 30 heavy (non-hydrogen) atoms. The Balaban J connectivity index is 1.97. The molecule has 2 aromatic carbocycles. The molecule has 0 aliphatic rings. The highest BCUT2D eigenvalue weighted by Crippen LogP contribution is 2.40. The van der Waals surface area contributed by atoms with Crippen LogP contribution in [0.3, 0.4) is 0 Å². The predicted molar refractivity (Wildman–Crippen MR) is 109 cm³/mol. The molecule has 2 aromatic heterocycles. The normalized spacial score (nSPS) is 11.0. The van der Waals surface area contributed by atoms with E-state index in [0.717, 1.165) is 0 Å². The van der Waals surface area contributed by atoms with Crippen LogP contribution in [0.1, 0.15) is 5.69 Å². The van der Waals surface area contributed by atoms with Gasteiger partial charge in [-0.15, -0.1) is 0 Å². The van der Waals surface area contributed by atoms with Crippen molar-refractivity contribution in [2.75, 3.05) is 21.3 Å². The average molecular weight is 410 g/mol. The molecule has 0 bridgehead atoms. The highest BCUT2D eigenvalue weighted by molar-refractivity contribution is 5.81. The minimum Gasteiger partial charge on any atom is -0.493 e. The number of ether oxygens (including phenoxy) is 3. The Morgan fingerprint density at radius 3 is 2.20 bits per heavy atom. The zero-order valence-electron chi connectivity index (χ0n) is 16.8. The minimum atomic E-state index is -0.365. The molecule has 1 N–H and O–H groups in total. The van der Waals surface area contributed by atoms with Crippen LogP contribution in [0.15, 0.2) is 41.2 Å². The van der Waals surface area contributed by atoms with Crippen LogP contribution in [0.2, 0.25) is 0 Å². The molecule has 0 aliphatic carbocycles. The van der Waals surface area contributed by atoms with Crippen molar-refractivity contribution < 1.29 is 18.6 Å². The first-order chi connectivity index (χ1) is 14.5. The molecule has 0 spiro atoms. The molecule has 4 rings (SSSR count). The van der Waals surface area contributed by atoms with Crippen LogP contribution in [0.4, 0.5) is 4.39 Å². The van der Waals surface area contributed by atoms with E-state index in [4.69, 9.17) is 14.2 Å². The number of hydrogen-bond acceptors (Lipinski definition) is 6. The summed E-state index contributed by atoms with van der Waals surface area (Å²) in [7, 11) is 4.52. The van der Waals surface area contributed by atoms with Gasteiger partial charge < -0.3 is 19.2 Å². The van der Waals surface area contributed by atoms with Crippen LogP contribution in [0.5, 0.6) is 17.2 Å². The standard InChI is InChI=1S/C21H19FN4O4/c1-11-17-20(26(25-11)14-7-5-13(22)6-8-14)23-19(24-21(17)27)12-9-15(28-2)18(30-4)16(10-12)29-3/h5-10H,1-4H3,(H,23,24,27). The Kier molecular flexibility index (Phi) is 4.86. The van der Waals surface area contributed by atoms with Crippen LogP contribution in [-0.2, 0) is 0 Å². The van der Waals surface area contributed by atoms with Crippen molar-refractivity contribution >= 4 is 11.0 Å². The minimum absolute atomic E-state index is 0.301. The average Bonchev–Trinajstić information content (AvgIpc) is 3.09. The zero-order chi connectivity index (χ0) is 21.4. The Morgan fingerprint density at radius 2 is 1.63 bits per heavy atom. The molecule has 0 saturated heterocycles. The monoisotopic (exact) mass is 410 g/mol. The number of aromatic amines is 1. The van der Waals surface area contributed by atoms with Crippen molar-refractivity contribution in [3.8, 4) is 34.3 Å². The first kappa shape index (κ1) is 19.4. The van der Waals surface area contributed by atoms with Gasteiger partial charge in [0.1, 0.15) is 17.0 Å². The third kappa shape index (κ3) is 3.14. The number of hydrogen-bond donors (Lipinski definition) is 1. The molecular weight excluding hydrogens is 391 g/mol. The summed E-state index contributed by atoms with van der Waals surface area (Å²) in [5, 5.41) is 4.78. The maximum absolute atomic E-state index is 13.3. The van der Waals surface area contributed by atoms with Gasteiger partial charge in [-0.1, -0.05) is 0 Å². The van der Waals surface area contributed by atoms with Crippen LogP contribution in [0.25, 0.3) is 28.1 Å². The second-order valence-electron chi connectivity index (χ2n) is 6.50. The largest absolute Gasteiger partial charge is 0.493 e. The van der Waals surface area contributed by atoms with E-state index in [1.54, 1.807) is 31.2 Å². The molecule has 0 unspecified atom stereocenters. The summed E-state index contributed by atoms with van der Waals surface area (Å²) in [5.74, 6) is 1.22. The van der Waals surface area contributed by atoms with Gasteiger partial charge in [-0.3, -0.25) is 4.79 Å². The number of nitrogens with one attached hydrogen (secondary N) is 1. The maximum Gasteiger partial charge on any atom is 0.262 e. The number of aromatic nitrogens is 4. The van der Waals surface area contributed by atoms with E-state index in [2.05, 4.69) is 15.1 Å². The lowest BCUT2D eigenvalue weighted by molar-refractivity contribution is 0.324. The number of H-pyrrole nitrogens is 1. The first-order valence-corrected chi connectivity index (χ1v) is 9.02. The molecule has 4 aromatic rings. The summed E-state index contributed by atoms with van der Waals surface area (Å²) < 4.78 is 31.0. The lowest BCUT2D eigenvalue weighted by atomic mass is 10.1. The van der Waals surface area contributed by atoms with E-state index in [1.165, 1.54) is 38.1 Å². The second-order valence-corrected chi connectivity index (χ2v) is 6.50. The Hall–Kier alpha value is -3.88. The Bertz CT molecular complexity index is 1270. The highest BCUT2D eigenvalue weighted by atomic mass is 19.1. The van der Waals surface area contributed by atoms with Crippen LogP contribution in [0, 0.1) is 12.7 Å². The number of methoxy groups -OCH3 is 3. The molecule has 0 radical (unpaired) electrons. The summed E-state index contributed by atoms with van der Waals surface area (Å²) in [4.78, 5) is 20.2. The predicted octanol–water partition coefficient (Wildman–Crippen LogP) is 3.25. The molecule has 8 nitrogen and oxygen atoms in total. The smallest absolute Gasteiger partial charge is 0.262 e. The van der Waals surface area contributed by atoms with E-state index in [1.807, 2.05) is 0 Å².